The Morgan fingerprint density at radius 3 is 2.22 bits per heavy atom. The lowest BCUT2D eigenvalue weighted by molar-refractivity contribution is 0.284. The average Bonchev–Trinajstić information content (AvgIpc) is 2.30. The molecule has 0 spiro atoms. The number of rotatable bonds is 7. The lowest BCUT2D eigenvalue weighted by atomic mass is 10.2. The van der Waals surface area contributed by atoms with Gasteiger partial charge in [-0.25, -0.2) is 17.2 Å². The van der Waals surface area contributed by atoms with Gasteiger partial charge in [0.2, 0.25) is 0 Å². The first-order valence-corrected chi connectivity index (χ1v) is 7.52. The standard InChI is InChI=1S/C12H16F2O3S/c13-11-5-4-6-12(14)10(11)9-18(16,17)8-3-1-2-7-15/h4-6,15H,1-3,7-9H2. The largest absolute Gasteiger partial charge is 0.396 e. The van der Waals surface area contributed by atoms with Crippen LogP contribution in [0.1, 0.15) is 24.8 Å². The smallest absolute Gasteiger partial charge is 0.154 e. The Morgan fingerprint density at radius 1 is 1.06 bits per heavy atom. The summed E-state index contributed by atoms with van der Waals surface area (Å²) in [6.45, 7) is 0.0159. The summed E-state index contributed by atoms with van der Waals surface area (Å²) < 4.78 is 49.9. The van der Waals surface area contributed by atoms with Gasteiger partial charge in [0.25, 0.3) is 0 Å². The van der Waals surface area contributed by atoms with E-state index in [2.05, 4.69) is 0 Å². The van der Waals surface area contributed by atoms with Gasteiger partial charge in [-0.3, -0.25) is 0 Å². The summed E-state index contributed by atoms with van der Waals surface area (Å²) in [5.74, 6) is -2.42. The van der Waals surface area contributed by atoms with Crippen molar-refractivity contribution >= 4 is 9.84 Å². The molecular weight excluding hydrogens is 262 g/mol. The molecular formula is C12H16F2O3S. The highest BCUT2D eigenvalue weighted by Gasteiger charge is 2.17. The van der Waals surface area contributed by atoms with Crippen LogP contribution >= 0.6 is 0 Å². The van der Waals surface area contributed by atoms with E-state index in [1.165, 1.54) is 6.07 Å². The second-order valence-electron chi connectivity index (χ2n) is 4.08. The van der Waals surface area contributed by atoms with Gasteiger partial charge in [0.15, 0.2) is 9.84 Å². The number of hydrogen-bond acceptors (Lipinski definition) is 3. The molecule has 0 aliphatic rings. The third-order valence-electron chi connectivity index (χ3n) is 2.54. The summed E-state index contributed by atoms with van der Waals surface area (Å²) in [5, 5.41) is 8.56. The number of hydrogen-bond donors (Lipinski definition) is 1. The van der Waals surface area contributed by atoms with E-state index in [0.29, 0.717) is 19.3 Å². The predicted molar refractivity (Wildman–Crippen MR) is 64.8 cm³/mol. The van der Waals surface area contributed by atoms with Crippen LogP contribution in [0.4, 0.5) is 8.78 Å². The van der Waals surface area contributed by atoms with Crippen molar-refractivity contribution in [3.05, 3.63) is 35.4 Å². The Kier molecular flexibility index (Phi) is 5.68. The zero-order valence-electron chi connectivity index (χ0n) is 9.90. The zero-order chi connectivity index (χ0) is 13.6. The molecule has 0 bridgehead atoms. The molecule has 3 nitrogen and oxygen atoms in total. The van der Waals surface area contributed by atoms with Crippen LogP contribution in [-0.2, 0) is 15.6 Å². The van der Waals surface area contributed by atoms with Gasteiger partial charge in [-0.15, -0.1) is 0 Å². The molecule has 0 unspecified atom stereocenters. The van der Waals surface area contributed by atoms with Crippen LogP contribution in [-0.4, -0.2) is 25.9 Å². The van der Waals surface area contributed by atoms with Crippen LogP contribution in [0.5, 0.6) is 0 Å². The molecule has 0 aromatic heterocycles. The summed E-state index contributed by atoms with van der Waals surface area (Å²) in [6.07, 6.45) is 1.50. The monoisotopic (exact) mass is 278 g/mol. The minimum absolute atomic E-state index is 0.0159. The van der Waals surface area contributed by atoms with E-state index in [0.717, 1.165) is 12.1 Å². The average molecular weight is 278 g/mol. The molecule has 0 aliphatic heterocycles. The van der Waals surface area contributed by atoms with Crippen molar-refractivity contribution in [3.63, 3.8) is 0 Å². The molecule has 1 rings (SSSR count). The molecule has 18 heavy (non-hydrogen) atoms. The van der Waals surface area contributed by atoms with Gasteiger partial charge in [-0.1, -0.05) is 12.5 Å². The molecule has 0 atom stereocenters. The Bertz CT molecular complexity index is 466. The van der Waals surface area contributed by atoms with Crippen molar-refractivity contribution in [2.75, 3.05) is 12.4 Å². The van der Waals surface area contributed by atoms with Crippen LogP contribution < -0.4 is 0 Å². The molecule has 1 aromatic carbocycles. The van der Waals surface area contributed by atoms with Crippen LogP contribution in [0.25, 0.3) is 0 Å². The molecule has 0 aliphatic carbocycles. The van der Waals surface area contributed by atoms with Crippen molar-refractivity contribution in [1.29, 1.82) is 0 Å². The molecule has 102 valence electrons. The molecule has 1 aromatic rings. The fourth-order valence-corrected chi connectivity index (χ4v) is 3.08. The molecule has 0 saturated heterocycles. The predicted octanol–water partition coefficient (Wildman–Crippen LogP) is 2.04. The van der Waals surface area contributed by atoms with Gasteiger partial charge in [-0.2, -0.15) is 0 Å². The third kappa shape index (κ3) is 4.70. The van der Waals surface area contributed by atoms with Gasteiger partial charge < -0.3 is 5.11 Å². The van der Waals surface area contributed by atoms with Crippen molar-refractivity contribution in [3.8, 4) is 0 Å². The Balaban J connectivity index is 2.65. The number of sulfone groups is 1. The SMILES string of the molecule is O=S(=O)(CCCCCO)Cc1c(F)cccc1F. The van der Waals surface area contributed by atoms with E-state index >= 15 is 0 Å². The quantitative estimate of drug-likeness (QED) is 0.777. The molecule has 0 amide bonds. The van der Waals surface area contributed by atoms with Crippen LogP contribution in [0.15, 0.2) is 18.2 Å². The van der Waals surface area contributed by atoms with Gasteiger partial charge in [0.1, 0.15) is 11.6 Å². The molecule has 6 heteroatoms. The van der Waals surface area contributed by atoms with Gasteiger partial charge in [0, 0.05) is 12.2 Å². The summed E-state index contributed by atoms with van der Waals surface area (Å²) in [6, 6.07) is 3.28. The minimum atomic E-state index is -3.52. The first kappa shape index (κ1) is 15.0. The molecule has 0 fully saturated rings. The van der Waals surface area contributed by atoms with Gasteiger partial charge in [0.05, 0.1) is 11.5 Å². The lowest BCUT2D eigenvalue weighted by Gasteiger charge is -2.06. The summed E-state index contributed by atoms with van der Waals surface area (Å²) in [4.78, 5) is 0. The third-order valence-corrected chi connectivity index (χ3v) is 4.18. The number of aliphatic hydroxyl groups is 1. The summed E-state index contributed by atoms with van der Waals surface area (Å²) in [5.41, 5.74) is -0.403. The number of halogens is 2. The topological polar surface area (TPSA) is 54.4 Å². The first-order chi connectivity index (χ1) is 8.46. The maximum atomic E-state index is 13.3. The van der Waals surface area contributed by atoms with Gasteiger partial charge >= 0.3 is 0 Å². The first-order valence-electron chi connectivity index (χ1n) is 5.70. The molecule has 0 radical (unpaired) electrons. The Hall–Kier alpha value is -1.01. The van der Waals surface area contributed by atoms with Crippen molar-refractivity contribution in [2.24, 2.45) is 0 Å². The minimum Gasteiger partial charge on any atom is -0.396 e. The van der Waals surface area contributed by atoms with E-state index in [9.17, 15) is 17.2 Å². The molecule has 0 saturated carbocycles. The molecule has 0 heterocycles. The highest BCUT2D eigenvalue weighted by atomic mass is 32.2. The normalized spacial score (nSPS) is 11.7. The Morgan fingerprint density at radius 2 is 1.67 bits per heavy atom. The van der Waals surface area contributed by atoms with E-state index in [-0.39, 0.29) is 12.4 Å². The lowest BCUT2D eigenvalue weighted by Crippen LogP contribution is -2.12. The van der Waals surface area contributed by atoms with Crippen molar-refractivity contribution in [1.82, 2.24) is 0 Å². The number of unbranched alkanes of at least 4 members (excludes halogenated alkanes) is 2. The maximum Gasteiger partial charge on any atom is 0.154 e. The van der Waals surface area contributed by atoms with Crippen molar-refractivity contribution < 1.29 is 22.3 Å². The van der Waals surface area contributed by atoms with Crippen LogP contribution in [0.3, 0.4) is 0 Å². The van der Waals surface area contributed by atoms with E-state index < -0.39 is 32.8 Å². The van der Waals surface area contributed by atoms with E-state index in [1.54, 1.807) is 0 Å². The number of benzene rings is 1. The highest BCUT2D eigenvalue weighted by molar-refractivity contribution is 7.90. The van der Waals surface area contributed by atoms with E-state index in [4.69, 9.17) is 5.11 Å². The highest BCUT2D eigenvalue weighted by Crippen LogP contribution is 2.16. The Labute approximate surface area is 105 Å². The van der Waals surface area contributed by atoms with Crippen LogP contribution in [0, 0.1) is 11.6 Å². The van der Waals surface area contributed by atoms with Crippen molar-refractivity contribution in [2.45, 2.75) is 25.0 Å². The maximum absolute atomic E-state index is 13.3. The van der Waals surface area contributed by atoms with E-state index in [1.807, 2.05) is 0 Å². The number of aliphatic hydroxyl groups excluding tert-OH is 1. The van der Waals surface area contributed by atoms with Gasteiger partial charge in [-0.05, 0) is 25.0 Å². The second-order valence-corrected chi connectivity index (χ2v) is 6.26. The second kappa shape index (κ2) is 6.80. The fraction of sp³-hybridized carbons (Fsp3) is 0.500. The zero-order valence-corrected chi connectivity index (χ0v) is 10.7. The fourth-order valence-electron chi connectivity index (χ4n) is 1.57. The molecule has 1 N–H and O–H groups in total. The summed E-state index contributed by atoms with van der Waals surface area (Å²) in [7, 11) is -3.52. The van der Waals surface area contributed by atoms with Crippen LogP contribution in [0.2, 0.25) is 0 Å². The summed E-state index contributed by atoms with van der Waals surface area (Å²) >= 11 is 0.